The van der Waals surface area contributed by atoms with Crippen molar-refractivity contribution in [2.24, 2.45) is 16.5 Å². The van der Waals surface area contributed by atoms with Crippen LogP contribution < -0.4 is 54.0 Å². The lowest BCUT2D eigenvalue weighted by Crippen LogP contribution is -2.60. The Morgan fingerprint density at radius 3 is 2.20 bits per heavy atom. The number of aromatic amines is 2. The van der Waals surface area contributed by atoms with Gasteiger partial charge in [0, 0.05) is 81.2 Å². The summed E-state index contributed by atoms with van der Waals surface area (Å²) >= 11 is 0. The molecular formula is C48H68N14O8. The Hall–Kier alpha value is -7.78. The third-order valence-electron chi connectivity index (χ3n) is 11.2. The molecule has 5 rings (SSSR count). The summed E-state index contributed by atoms with van der Waals surface area (Å²) < 4.78 is 0. The van der Waals surface area contributed by atoms with E-state index in [1.165, 1.54) is 26.5 Å². The molecule has 2 aromatic carbocycles. The molecule has 1 aliphatic rings. The molecule has 0 radical (unpaired) electrons. The van der Waals surface area contributed by atoms with Crippen molar-refractivity contribution in [3.05, 3.63) is 90.1 Å². The summed E-state index contributed by atoms with van der Waals surface area (Å²) in [5.74, 6) is -4.91. The van der Waals surface area contributed by atoms with E-state index in [9.17, 15) is 38.4 Å². The molecule has 0 aliphatic carbocycles. The summed E-state index contributed by atoms with van der Waals surface area (Å²) in [5, 5.41) is 22.4. The van der Waals surface area contributed by atoms with Crippen molar-refractivity contribution in [3.63, 3.8) is 0 Å². The van der Waals surface area contributed by atoms with Crippen molar-refractivity contribution in [2.75, 3.05) is 20.1 Å². The van der Waals surface area contributed by atoms with Gasteiger partial charge in [-0.15, -0.1) is 0 Å². The molecule has 4 aromatic rings. The Bertz CT molecular complexity index is 2390. The molecule has 3 heterocycles. The zero-order valence-corrected chi connectivity index (χ0v) is 40.2. The van der Waals surface area contributed by atoms with E-state index in [0.717, 1.165) is 35.9 Å². The number of hydrogen-bond donors (Lipinski definition) is 12. The lowest BCUT2D eigenvalue weighted by Gasteiger charge is -2.26. The SMILES string of the molecule is CCCCC(=O)NC1CCC(=O)NCCC(C(=O)N[C@@H](Cc2c[nH]c3ccccc23)C(=O)NC)NC(=O)C(C)NC(=O)C(Cc2ccccc2)NC(=O)[C@H](Cc2cnc[nH]2)NC1=O.CCCN=C(N)N. The number of carbonyl (C=O) groups excluding carboxylic acids is 8. The first-order valence-corrected chi connectivity index (χ1v) is 23.5. The second-order valence-electron chi connectivity index (χ2n) is 16.8. The molecule has 378 valence electrons. The molecule has 22 heteroatoms. The maximum Gasteiger partial charge on any atom is 0.243 e. The average Bonchev–Trinajstić information content (AvgIpc) is 4.02. The summed E-state index contributed by atoms with van der Waals surface area (Å²) in [4.78, 5) is 123. The lowest BCUT2D eigenvalue weighted by molar-refractivity contribution is -0.135. The molecule has 0 spiro atoms. The summed E-state index contributed by atoms with van der Waals surface area (Å²) in [6.45, 7) is 5.97. The van der Waals surface area contributed by atoms with Crippen LogP contribution in [-0.4, -0.2) is 125 Å². The van der Waals surface area contributed by atoms with Crippen LogP contribution >= 0.6 is 0 Å². The highest BCUT2D eigenvalue weighted by Crippen LogP contribution is 2.19. The van der Waals surface area contributed by atoms with Gasteiger partial charge in [0.05, 0.1) is 6.33 Å². The summed E-state index contributed by atoms with van der Waals surface area (Å²) in [5.41, 5.74) is 12.8. The monoisotopic (exact) mass is 969 g/mol. The van der Waals surface area contributed by atoms with Gasteiger partial charge < -0.3 is 64.0 Å². The number of nitrogens with one attached hydrogen (secondary N) is 10. The second kappa shape index (κ2) is 28.5. The van der Waals surface area contributed by atoms with Gasteiger partial charge >= 0.3 is 0 Å². The van der Waals surface area contributed by atoms with Crippen molar-refractivity contribution in [1.82, 2.24) is 57.5 Å². The molecule has 8 amide bonds. The fraction of sp³-hybridized carbons (Fsp3) is 0.458. The number of aliphatic imine (C=N–C) groups is 1. The van der Waals surface area contributed by atoms with E-state index < -0.39 is 83.5 Å². The minimum Gasteiger partial charge on any atom is -0.370 e. The Labute approximate surface area is 406 Å². The molecule has 70 heavy (non-hydrogen) atoms. The van der Waals surface area contributed by atoms with Crippen LogP contribution in [0.2, 0.25) is 0 Å². The van der Waals surface area contributed by atoms with Crippen LogP contribution in [0.15, 0.2) is 78.3 Å². The van der Waals surface area contributed by atoms with Crippen LogP contribution in [0.25, 0.3) is 10.9 Å². The highest BCUT2D eigenvalue weighted by Gasteiger charge is 2.33. The van der Waals surface area contributed by atoms with Crippen molar-refractivity contribution in [1.29, 1.82) is 0 Å². The number of amides is 8. The number of nitrogens with two attached hydrogens (primary N) is 2. The third kappa shape index (κ3) is 18.0. The Balaban J connectivity index is 0.00000141. The van der Waals surface area contributed by atoms with E-state index in [2.05, 4.69) is 62.5 Å². The summed E-state index contributed by atoms with van der Waals surface area (Å²) in [6.07, 6.45) is 6.61. The first-order valence-electron chi connectivity index (χ1n) is 23.5. The normalized spacial score (nSPS) is 19.9. The van der Waals surface area contributed by atoms with Gasteiger partial charge in [-0.3, -0.25) is 43.3 Å². The van der Waals surface area contributed by atoms with Gasteiger partial charge in [-0.1, -0.05) is 68.8 Å². The van der Waals surface area contributed by atoms with Crippen LogP contribution in [0.5, 0.6) is 0 Å². The summed E-state index contributed by atoms with van der Waals surface area (Å²) in [7, 11) is 1.44. The van der Waals surface area contributed by atoms with E-state index >= 15 is 0 Å². The maximum atomic E-state index is 14.1. The van der Waals surface area contributed by atoms with Crippen LogP contribution in [0.1, 0.15) is 82.5 Å². The zero-order valence-electron chi connectivity index (χ0n) is 40.2. The molecular weight excluding hydrogens is 901 g/mol. The Morgan fingerprint density at radius 1 is 0.829 bits per heavy atom. The van der Waals surface area contributed by atoms with E-state index in [4.69, 9.17) is 11.5 Å². The standard InChI is InChI=1S/C44H57N11O8.C4H11N3/c1-4-5-15-38(57)51-32-16-17-37(56)47-19-18-33(42(61)54-35(40(59)45-3)21-28-23-48-31-14-10-9-13-30(28)31)52-39(58)26(2)50-43(62)34(20-27-11-7-6-8-12-27)53-44(63)36(55-41(32)60)22-29-24-46-25-49-29;1-2-3-7-4(5)6/h6-14,23-26,32-36,48H,4-5,15-22H2,1-3H3,(H,45,59)(H,46,49)(H,47,56)(H,50,62)(H,51,57)(H,52,58)(H,53,63)(H,54,61)(H,55,60);2-3H2,1H3,(H4,5,6,7)/t26?,32?,33?,34?,35-,36-;/m0./s1. The first-order chi connectivity index (χ1) is 33.6. The molecule has 4 unspecified atom stereocenters. The average molecular weight is 969 g/mol. The van der Waals surface area contributed by atoms with Gasteiger partial charge in [0.1, 0.15) is 36.3 Å². The van der Waals surface area contributed by atoms with E-state index in [1.54, 1.807) is 36.5 Å². The number of aromatic nitrogens is 3. The predicted molar refractivity (Wildman–Crippen MR) is 263 cm³/mol. The molecule has 1 saturated heterocycles. The number of fused-ring (bicyclic) bond motifs is 1. The third-order valence-corrected chi connectivity index (χ3v) is 11.2. The summed E-state index contributed by atoms with van der Waals surface area (Å²) in [6, 6.07) is 9.03. The number of hydrogen-bond acceptors (Lipinski definition) is 10. The number of guanidine groups is 1. The molecule has 1 fully saturated rings. The van der Waals surface area contributed by atoms with Crippen molar-refractivity contribution >= 4 is 64.1 Å². The number of benzene rings is 2. The van der Waals surface area contributed by atoms with Crippen LogP contribution in [-0.2, 0) is 57.6 Å². The number of nitrogens with zero attached hydrogens (tertiary/aromatic N) is 2. The van der Waals surface area contributed by atoms with E-state index in [0.29, 0.717) is 17.7 Å². The van der Waals surface area contributed by atoms with Crippen LogP contribution in [0.4, 0.5) is 0 Å². The highest BCUT2D eigenvalue weighted by molar-refractivity contribution is 5.97. The van der Waals surface area contributed by atoms with Gasteiger partial charge in [-0.2, -0.15) is 0 Å². The zero-order chi connectivity index (χ0) is 51.0. The first kappa shape index (κ1) is 54.8. The maximum absolute atomic E-state index is 14.1. The molecule has 0 bridgehead atoms. The molecule has 0 saturated carbocycles. The second-order valence-corrected chi connectivity index (χ2v) is 16.8. The fourth-order valence-corrected chi connectivity index (χ4v) is 7.38. The molecule has 6 atom stereocenters. The molecule has 22 nitrogen and oxygen atoms in total. The number of likely N-dealkylation sites (N-methyl/N-ethyl adjacent to an activating group) is 1. The number of unbranched alkanes of at least 4 members (excludes halogenated alkanes) is 1. The number of rotatable bonds is 15. The number of carbonyl (C=O) groups is 8. The fourth-order valence-electron chi connectivity index (χ4n) is 7.38. The largest absolute Gasteiger partial charge is 0.370 e. The van der Waals surface area contributed by atoms with Gasteiger partial charge in [-0.05, 0) is 49.8 Å². The lowest BCUT2D eigenvalue weighted by atomic mass is 10.0. The quantitative estimate of drug-likeness (QED) is 0.0545. The molecule has 2 aromatic heterocycles. The van der Waals surface area contributed by atoms with Crippen molar-refractivity contribution < 1.29 is 38.4 Å². The minimum absolute atomic E-state index is 0.00368. The van der Waals surface area contributed by atoms with Gasteiger partial charge in [0.2, 0.25) is 47.3 Å². The highest BCUT2D eigenvalue weighted by atomic mass is 16.2. The Morgan fingerprint density at radius 2 is 1.53 bits per heavy atom. The van der Waals surface area contributed by atoms with Gasteiger partial charge in [0.15, 0.2) is 5.96 Å². The molecule has 14 N–H and O–H groups in total. The Kier molecular flexibility index (Phi) is 22.3. The predicted octanol–water partition coefficient (Wildman–Crippen LogP) is -0.246. The van der Waals surface area contributed by atoms with Crippen molar-refractivity contribution in [3.8, 4) is 0 Å². The van der Waals surface area contributed by atoms with E-state index in [-0.39, 0.29) is 57.5 Å². The van der Waals surface area contributed by atoms with Crippen LogP contribution in [0.3, 0.4) is 0 Å². The smallest absolute Gasteiger partial charge is 0.243 e. The van der Waals surface area contributed by atoms with Crippen LogP contribution in [0, 0.1) is 0 Å². The minimum atomic E-state index is -1.30. The number of H-pyrrole nitrogens is 2. The number of para-hydroxylation sites is 1. The van der Waals surface area contributed by atoms with Gasteiger partial charge in [-0.25, -0.2) is 4.98 Å². The topological polar surface area (TPSA) is 342 Å². The van der Waals surface area contributed by atoms with Gasteiger partial charge in [0.25, 0.3) is 0 Å². The number of imidazole rings is 1. The van der Waals surface area contributed by atoms with E-state index in [1.807, 2.05) is 38.1 Å². The van der Waals surface area contributed by atoms with Crippen molar-refractivity contribution in [2.45, 2.75) is 121 Å². The molecule has 1 aliphatic heterocycles.